The molecule has 4 heteroatoms. The summed E-state index contributed by atoms with van der Waals surface area (Å²) in [5, 5.41) is 20.6. The second kappa shape index (κ2) is 8.91. The minimum atomic E-state index is -1.04. The summed E-state index contributed by atoms with van der Waals surface area (Å²) in [6, 6.07) is 0. The molecule has 1 spiro atoms. The lowest BCUT2D eigenvalue weighted by molar-refractivity contribution is -0.155. The Balaban J connectivity index is 1.54. The minimum Gasteiger partial charge on any atom is -0.458 e. The van der Waals surface area contributed by atoms with Gasteiger partial charge in [0.2, 0.25) is 0 Å². The number of ether oxygens (including phenoxy) is 1. The van der Waals surface area contributed by atoms with Gasteiger partial charge >= 0.3 is 5.97 Å². The van der Waals surface area contributed by atoms with Gasteiger partial charge in [-0.25, -0.2) is 0 Å². The van der Waals surface area contributed by atoms with Gasteiger partial charge < -0.3 is 14.9 Å². The Morgan fingerprint density at radius 3 is 2.38 bits per heavy atom. The molecule has 1 unspecified atom stereocenters. The number of hydrogen-bond donors (Lipinski definition) is 2. The molecule has 4 aliphatic rings. The summed E-state index contributed by atoms with van der Waals surface area (Å²) in [6.45, 7) is 17.4. The first-order valence-corrected chi connectivity index (χ1v) is 14.0. The predicted octanol–water partition coefficient (Wildman–Crippen LogP) is 6.44. The largest absolute Gasteiger partial charge is 0.458 e. The third kappa shape index (κ3) is 4.19. The molecule has 3 aliphatic carbocycles. The minimum absolute atomic E-state index is 0.0143. The highest BCUT2D eigenvalue weighted by molar-refractivity contribution is 5.72. The number of fused-ring (bicyclic) bond motifs is 3. The van der Waals surface area contributed by atoms with Gasteiger partial charge in [0.25, 0.3) is 0 Å². The third-order valence-electron chi connectivity index (χ3n) is 11.6. The second-order valence-electron chi connectivity index (χ2n) is 13.8. The molecule has 0 radical (unpaired) electrons. The molecule has 3 saturated carbocycles. The van der Waals surface area contributed by atoms with Gasteiger partial charge in [-0.2, -0.15) is 0 Å². The van der Waals surface area contributed by atoms with Crippen LogP contribution in [0.3, 0.4) is 0 Å². The van der Waals surface area contributed by atoms with Gasteiger partial charge in [0.05, 0.1) is 11.7 Å². The summed E-state index contributed by atoms with van der Waals surface area (Å²) in [4.78, 5) is 12.3. The maximum absolute atomic E-state index is 12.3. The molecule has 0 aromatic carbocycles. The van der Waals surface area contributed by atoms with E-state index in [4.69, 9.17) is 4.74 Å². The summed E-state index contributed by atoms with van der Waals surface area (Å²) in [7, 11) is 0. The van der Waals surface area contributed by atoms with E-state index in [-0.39, 0.29) is 11.6 Å². The maximum Gasteiger partial charge on any atom is 0.306 e. The second-order valence-corrected chi connectivity index (χ2v) is 13.8. The lowest BCUT2D eigenvalue weighted by Gasteiger charge is -2.57. The molecule has 4 rings (SSSR count). The molecule has 2 N–H and O–H groups in total. The summed E-state index contributed by atoms with van der Waals surface area (Å²) in [6.07, 6.45) is 10.7. The Kier molecular flexibility index (Phi) is 6.86. The van der Waals surface area contributed by atoms with Gasteiger partial charge in [-0.3, -0.25) is 4.79 Å². The Morgan fingerprint density at radius 1 is 1.12 bits per heavy atom. The summed E-state index contributed by atoms with van der Waals surface area (Å²) in [5.74, 6) is 2.77. The molecule has 1 heterocycles. The molecule has 1 saturated heterocycles. The van der Waals surface area contributed by atoms with Crippen molar-refractivity contribution in [2.45, 2.75) is 129 Å². The van der Waals surface area contributed by atoms with Crippen molar-refractivity contribution in [3.8, 4) is 0 Å². The van der Waals surface area contributed by atoms with Crippen LogP contribution in [0.1, 0.15) is 112 Å². The number of esters is 1. The van der Waals surface area contributed by atoms with Crippen LogP contribution in [0, 0.1) is 40.4 Å². The van der Waals surface area contributed by atoms with Crippen LogP contribution in [-0.2, 0) is 9.53 Å². The van der Waals surface area contributed by atoms with E-state index in [0.717, 1.165) is 25.7 Å². The zero-order valence-corrected chi connectivity index (χ0v) is 22.7. The van der Waals surface area contributed by atoms with E-state index in [1.807, 2.05) is 0 Å². The quantitative estimate of drug-likeness (QED) is 0.344. The number of carbonyl (C=O) groups excluding carboxylic acids is 1. The summed E-state index contributed by atoms with van der Waals surface area (Å²) in [5.41, 5.74) is 0.439. The molecule has 0 aromatic heterocycles. The van der Waals surface area contributed by atoms with Gasteiger partial charge in [0, 0.05) is 12.3 Å². The number of hydrogen-bond acceptors (Lipinski definition) is 4. The smallest absolute Gasteiger partial charge is 0.306 e. The van der Waals surface area contributed by atoms with E-state index in [0.29, 0.717) is 53.3 Å². The first-order chi connectivity index (χ1) is 15.7. The molecule has 4 fully saturated rings. The SMILES string of the molecule is C=C(C)[C@@H]1CC[C@@H]2[C@H](CC[C@]3(C)C([C@H](C)CC[C@H](O)C(C)(C)O)CC[C@@]23C)C[C@]12CCC(=O)O2. The predicted molar refractivity (Wildman–Crippen MR) is 136 cm³/mol. The zero-order chi connectivity index (χ0) is 25.1. The monoisotopic (exact) mass is 474 g/mol. The highest BCUT2D eigenvalue weighted by Crippen LogP contribution is 2.70. The van der Waals surface area contributed by atoms with Crippen molar-refractivity contribution in [3.63, 3.8) is 0 Å². The van der Waals surface area contributed by atoms with E-state index >= 15 is 0 Å². The van der Waals surface area contributed by atoms with Crippen molar-refractivity contribution in [3.05, 3.63) is 12.2 Å². The van der Waals surface area contributed by atoms with Crippen LogP contribution in [0.2, 0.25) is 0 Å². The van der Waals surface area contributed by atoms with Crippen LogP contribution in [0.5, 0.6) is 0 Å². The molecular weight excluding hydrogens is 424 g/mol. The molecule has 4 nitrogen and oxygen atoms in total. The first kappa shape index (κ1) is 26.2. The fourth-order valence-corrected chi connectivity index (χ4v) is 9.38. The molecule has 1 aliphatic heterocycles. The average molecular weight is 475 g/mol. The van der Waals surface area contributed by atoms with Gasteiger partial charge in [-0.05, 0) is 119 Å². The molecule has 34 heavy (non-hydrogen) atoms. The van der Waals surface area contributed by atoms with Crippen LogP contribution >= 0.6 is 0 Å². The van der Waals surface area contributed by atoms with Crippen molar-refractivity contribution in [2.24, 2.45) is 40.4 Å². The standard InChI is InChI=1S/C30H50O4/c1-19(2)22-9-10-24-21(18-30(22)17-14-26(32)34-30)12-15-28(6)23(13-16-29(24,28)7)20(3)8-11-25(31)27(4,5)33/h20-25,31,33H,1,8-18H2,2-7H3/t20-,21-,22+,23?,24-,25+,28-,29+,30-/m1/s1. The Labute approximate surface area is 207 Å². The molecule has 9 atom stereocenters. The van der Waals surface area contributed by atoms with E-state index in [1.165, 1.54) is 37.7 Å². The van der Waals surface area contributed by atoms with Crippen molar-refractivity contribution in [2.75, 3.05) is 0 Å². The van der Waals surface area contributed by atoms with Gasteiger partial charge in [-0.1, -0.05) is 32.9 Å². The molecular formula is C30H50O4. The van der Waals surface area contributed by atoms with Crippen LogP contribution in [0.25, 0.3) is 0 Å². The van der Waals surface area contributed by atoms with E-state index in [2.05, 4.69) is 34.3 Å². The van der Waals surface area contributed by atoms with Crippen LogP contribution in [0.4, 0.5) is 0 Å². The third-order valence-corrected chi connectivity index (χ3v) is 11.6. The van der Waals surface area contributed by atoms with Gasteiger partial charge in [0.15, 0.2) is 0 Å². The fraction of sp³-hybridized carbons (Fsp3) is 0.900. The Hall–Kier alpha value is -0.870. The average Bonchev–Trinajstić information content (AvgIpc) is 3.17. The van der Waals surface area contributed by atoms with E-state index in [1.54, 1.807) is 13.8 Å². The summed E-state index contributed by atoms with van der Waals surface area (Å²) < 4.78 is 6.16. The van der Waals surface area contributed by atoms with Crippen molar-refractivity contribution in [1.29, 1.82) is 0 Å². The molecule has 0 amide bonds. The van der Waals surface area contributed by atoms with Crippen molar-refractivity contribution < 1.29 is 19.7 Å². The number of aliphatic hydroxyl groups excluding tert-OH is 1. The molecule has 194 valence electrons. The lowest BCUT2D eigenvalue weighted by Crippen LogP contribution is -2.50. The van der Waals surface area contributed by atoms with E-state index in [9.17, 15) is 15.0 Å². The number of aliphatic hydroxyl groups is 2. The van der Waals surface area contributed by atoms with Crippen LogP contribution in [0.15, 0.2) is 12.2 Å². The Bertz CT molecular complexity index is 798. The van der Waals surface area contributed by atoms with Crippen LogP contribution in [-0.4, -0.2) is 33.5 Å². The highest BCUT2D eigenvalue weighted by Gasteiger charge is 2.64. The topological polar surface area (TPSA) is 66.8 Å². The van der Waals surface area contributed by atoms with Gasteiger partial charge in [0.1, 0.15) is 5.60 Å². The first-order valence-electron chi connectivity index (χ1n) is 14.0. The number of carbonyl (C=O) groups is 1. The fourth-order valence-electron chi connectivity index (χ4n) is 9.38. The molecule has 0 bridgehead atoms. The van der Waals surface area contributed by atoms with Gasteiger partial charge in [-0.15, -0.1) is 0 Å². The van der Waals surface area contributed by atoms with Crippen LogP contribution < -0.4 is 0 Å². The number of rotatable bonds is 6. The normalized spacial score (nSPS) is 44.2. The Morgan fingerprint density at radius 2 is 1.79 bits per heavy atom. The zero-order valence-electron chi connectivity index (χ0n) is 22.7. The summed E-state index contributed by atoms with van der Waals surface area (Å²) >= 11 is 0. The van der Waals surface area contributed by atoms with Crippen molar-refractivity contribution in [1.82, 2.24) is 0 Å². The van der Waals surface area contributed by atoms with E-state index < -0.39 is 11.7 Å². The van der Waals surface area contributed by atoms with Crippen molar-refractivity contribution >= 4 is 5.97 Å². The highest BCUT2D eigenvalue weighted by atomic mass is 16.6. The maximum atomic E-state index is 12.3. The lowest BCUT2D eigenvalue weighted by atomic mass is 9.48. The molecule has 0 aromatic rings.